The molecule has 0 unspecified atom stereocenters. The molecule has 1 heterocycles. The fourth-order valence-corrected chi connectivity index (χ4v) is 5.40. The summed E-state index contributed by atoms with van der Waals surface area (Å²) in [6.07, 6.45) is 0. The Kier molecular flexibility index (Phi) is 8.90. The first-order valence-corrected chi connectivity index (χ1v) is 13.5. The molecule has 200 valence electrons. The van der Waals surface area contributed by atoms with Crippen molar-refractivity contribution >= 4 is 62.9 Å². The highest BCUT2D eigenvalue weighted by Crippen LogP contribution is 2.33. The molecular formula is C28H21N5O5S2. The number of thiophene rings is 1. The van der Waals surface area contributed by atoms with Gasteiger partial charge in [-0.1, -0.05) is 24.3 Å². The van der Waals surface area contributed by atoms with Gasteiger partial charge in [0, 0.05) is 34.0 Å². The molecule has 3 amide bonds. The number of anilines is 3. The van der Waals surface area contributed by atoms with Gasteiger partial charge in [0.05, 0.1) is 21.1 Å². The van der Waals surface area contributed by atoms with Crippen LogP contribution in [0.25, 0.3) is 0 Å². The van der Waals surface area contributed by atoms with Crippen LogP contribution in [-0.4, -0.2) is 28.4 Å². The van der Waals surface area contributed by atoms with Gasteiger partial charge in [-0.05, 0) is 55.0 Å². The number of amides is 3. The summed E-state index contributed by atoms with van der Waals surface area (Å²) in [5.74, 6) is -1.14. The summed E-state index contributed by atoms with van der Waals surface area (Å²) in [4.78, 5) is 49.3. The van der Waals surface area contributed by atoms with Crippen molar-refractivity contribution < 1.29 is 19.3 Å². The van der Waals surface area contributed by atoms with E-state index in [9.17, 15) is 29.8 Å². The summed E-state index contributed by atoms with van der Waals surface area (Å²) < 4.78 is 0. The van der Waals surface area contributed by atoms with Crippen LogP contribution in [0.3, 0.4) is 0 Å². The molecule has 0 saturated carbocycles. The minimum atomic E-state index is -0.541. The van der Waals surface area contributed by atoms with Gasteiger partial charge < -0.3 is 16.0 Å². The van der Waals surface area contributed by atoms with E-state index < -0.39 is 10.8 Å². The number of carbonyl (C=O) groups is 3. The van der Waals surface area contributed by atoms with Gasteiger partial charge in [-0.25, -0.2) is 0 Å². The molecule has 0 aliphatic carbocycles. The second-order valence-electron chi connectivity index (χ2n) is 8.32. The van der Waals surface area contributed by atoms with Crippen LogP contribution in [0.1, 0.15) is 31.2 Å². The Morgan fingerprint density at radius 3 is 2.27 bits per heavy atom. The Bertz CT molecular complexity index is 1630. The maximum absolute atomic E-state index is 12.8. The second-order valence-corrected chi connectivity index (χ2v) is 10.4. The van der Waals surface area contributed by atoms with Crippen LogP contribution in [-0.2, 0) is 4.79 Å². The molecule has 1 aromatic heterocycles. The van der Waals surface area contributed by atoms with Crippen LogP contribution in [0.4, 0.5) is 22.1 Å². The molecule has 4 aromatic rings. The lowest BCUT2D eigenvalue weighted by atomic mass is 10.1. The lowest BCUT2D eigenvalue weighted by molar-refractivity contribution is -0.384. The summed E-state index contributed by atoms with van der Waals surface area (Å²) in [5.41, 5.74) is 1.98. The zero-order valence-electron chi connectivity index (χ0n) is 21.0. The topological polar surface area (TPSA) is 154 Å². The molecule has 0 bridgehead atoms. The van der Waals surface area contributed by atoms with Crippen LogP contribution in [0, 0.1) is 28.4 Å². The van der Waals surface area contributed by atoms with E-state index in [4.69, 9.17) is 0 Å². The quantitative estimate of drug-likeness (QED) is 0.125. The Hall–Kier alpha value is -4.99. The zero-order chi connectivity index (χ0) is 28.6. The molecule has 0 fully saturated rings. The molecule has 4 rings (SSSR count). The van der Waals surface area contributed by atoms with Crippen LogP contribution >= 0.6 is 23.1 Å². The zero-order valence-corrected chi connectivity index (χ0v) is 22.6. The fourth-order valence-electron chi connectivity index (χ4n) is 3.58. The van der Waals surface area contributed by atoms with Gasteiger partial charge in [0.25, 0.3) is 17.5 Å². The SMILES string of the molecule is Cc1c(C(=O)Nc2ccccc2)sc(NC(=O)CSc2cccc(NC(=O)c3ccc([N+](=O)[O-])cc3)c2)c1C#N. The number of benzene rings is 3. The molecule has 0 saturated heterocycles. The number of thioether (sulfide) groups is 1. The summed E-state index contributed by atoms with van der Waals surface area (Å²) in [6.45, 7) is 1.66. The predicted octanol–water partition coefficient (Wildman–Crippen LogP) is 6.07. The highest BCUT2D eigenvalue weighted by atomic mass is 32.2. The fraction of sp³-hybridized carbons (Fsp3) is 0.0714. The van der Waals surface area contributed by atoms with Crippen molar-refractivity contribution in [3.63, 3.8) is 0 Å². The first-order chi connectivity index (χ1) is 19.2. The molecule has 40 heavy (non-hydrogen) atoms. The van der Waals surface area contributed by atoms with Crippen LogP contribution < -0.4 is 16.0 Å². The molecule has 10 nitrogen and oxygen atoms in total. The summed E-state index contributed by atoms with van der Waals surface area (Å²) >= 11 is 2.26. The highest BCUT2D eigenvalue weighted by Gasteiger charge is 2.21. The lowest BCUT2D eigenvalue weighted by Crippen LogP contribution is -2.14. The van der Waals surface area contributed by atoms with E-state index in [-0.39, 0.29) is 34.4 Å². The number of nitro benzene ring substituents is 1. The average Bonchev–Trinajstić information content (AvgIpc) is 3.27. The number of nitrogens with zero attached hydrogens (tertiary/aromatic N) is 2. The van der Waals surface area contributed by atoms with Crippen molar-refractivity contribution in [1.82, 2.24) is 0 Å². The third-order valence-electron chi connectivity index (χ3n) is 5.55. The first-order valence-electron chi connectivity index (χ1n) is 11.7. The van der Waals surface area contributed by atoms with Gasteiger partial charge >= 0.3 is 0 Å². The third-order valence-corrected chi connectivity index (χ3v) is 7.75. The van der Waals surface area contributed by atoms with Crippen molar-refractivity contribution in [1.29, 1.82) is 5.26 Å². The average molecular weight is 572 g/mol. The van der Waals surface area contributed by atoms with Crippen molar-refractivity contribution in [3.8, 4) is 6.07 Å². The Labute approximate surface area is 237 Å². The van der Waals surface area contributed by atoms with Gasteiger partial charge in [0.15, 0.2) is 0 Å². The molecule has 0 aliphatic rings. The number of hydrogen-bond donors (Lipinski definition) is 3. The molecule has 12 heteroatoms. The number of non-ortho nitro benzene ring substituents is 1. The van der Waals surface area contributed by atoms with E-state index in [0.717, 1.165) is 11.3 Å². The monoisotopic (exact) mass is 571 g/mol. The van der Waals surface area contributed by atoms with Gasteiger partial charge in [0.2, 0.25) is 5.91 Å². The van der Waals surface area contributed by atoms with Crippen molar-refractivity contribution in [2.45, 2.75) is 11.8 Å². The van der Waals surface area contributed by atoms with Crippen molar-refractivity contribution in [2.75, 3.05) is 21.7 Å². The van der Waals surface area contributed by atoms with E-state index in [1.165, 1.54) is 36.0 Å². The normalized spacial score (nSPS) is 10.3. The summed E-state index contributed by atoms with van der Waals surface area (Å²) in [6, 6.07) is 23.1. The van der Waals surface area contributed by atoms with Gasteiger partial charge in [-0.3, -0.25) is 24.5 Å². The van der Waals surface area contributed by atoms with Crippen molar-refractivity contribution in [2.24, 2.45) is 0 Å². The summed E-state index contributed by atoms with van der Waals surface area (Å²) in [7, 11) is 0. The lowest BCUT2D eigenvalue weighted by Gasteiger charge is -2.08. The largest absolute Gasteiger partial charge is 0.322 e. The van der Waals surface area contributed by atoms with Gasteiger partial charge in [0.1, 0.15) is 11.1 Å². The molecule has 3 N–H and O–H groups in total. The predicted molar refractivity (Wildman–Crippen MR) is 155 cm³/mol. The van der Waals surface area contributed by atoms with E-state index >= 15 is 0 Å². The molecular weight excluding hydrogens is 550 g/mol. The minimum absolute atomic E-state index is 0.0209. The maximum atomic E-state index is 12.8. The number of nitriles is 1. The second kappa shape index (κ2) is 12.7. The maximum Gasteiger partial charge on any atom is 0.269 e. The Balaban J connectivity index is 1.36. The Morgan fingerprint density at radius 1 is 0.925 bits per heavy atom. The number of nitrogens with one attached hydrogen (secondary N) is 3. The van der Waals surface area contributed by atoms with Crippen LogP contribution in [0.2, 0.25) is 0 Å². The van der Waals surface area contributed by atoms with E-state index in [1.54, 1.807) is 55.5 Å². The Morgan fingerprint density at radius 2 is 1.60 bits per heavy atom. The number of para-hydroxylation sites is 1. The number of rotatable bonds is 9. The summed E-state index contributed by atoms with van der Waals surface area (Å²) in [5, 5.41) is 29.0. The minimum Gasteiger partial charge on any atom is -0.322 e. The third kappa shape index (κ3) is 6.90. The van der Waals surface area contributed by atoms with Gasteiger partial charge in [-0.15, -0.1) is 23.1 Å². The number of hydrogen-bond acceptors (Lipinski definition) is 8. The molecule has 3 aromatic carbocycles. The van der Waals surface area contributed by atoms with Gasteiger partial charge in [-0.2, -0.15) is 5.26 Å². The smallest absolute Gasteiger partial charge is 0.269 e. The highest BCUT2D eigenvalue weighted by molar-refractivity contribution is 8.00. The number of nitro groups is 1. The van der Waals surface area contributed by atoms with Crippen LogP contribution in [0.5, 0.6) is 0 Å². The van der Waals surface area contributed by atoms with E-state index in [0.29, 0.717) is 31.7 Å². The standard InChI is InChI=1S/C28H21N5O5S2/c1-17-23(15-29)28(40-25(17)27(36)30-19-6-3-2-4-7-19)32-24(34)16-39-22-9-5-8-20(14-22)31-26(35)18-10-12-21(13-11-18)33(37)38/h2-14H,16H2,1H3,(H,30,36)(H,31,35)(H,32,34). The van der Waals surface area contributed by atoms with E-state index in [1.807, 2.05) is 6.07 Å². The molecule has 0 aliphatic heterocycles. The first kappa shape index (κ1) is 28.0. The molecule has 0 spiro atoms. The van der Waals surface area contributed by atoms with Crippen LogP contribution in [0.15, 0.2) is 83.8 Å². The molecule has 0 atom stereocenters. The van der Waals surface area contributed by atoms with Crippen molar-refractivity contribution in [3.05, 3.63) is 111 Å². The molecule has 0 radical (unpaired) electrons. The van der Waals surface area contributed by atoms with E-state index in [2.05, 4.69) is 22.0 Å². The number of carbonyl (C=O) groups excluding carboxylic acids is 3.